The Kier molecular flexibility index (Phi) is 6.32. The minimum Gasteiger partial charge on any atom is -0.326 e. The summed E-state index contributed by atoms with van der Waals surface area (Å²) in [6.45, 7) is 1.16. The van der Waals surface area contributed by atoms with Gasteiger partial charge in [-0.2, -0.15) is 31.1 Å². The van der Waals surface area contributed by atoms with Crippen molar-refractivity contribution in [2.45, 2.75) is 29.8 Å². The zero-order valence-corrected chi connectivity index (χ0v) is 18.1. The van der Waals surface area contributed by atoms with Crippen molar-refractivity contribution in [1.82, 2.24) is 10.0 Å². The molecule has 0 radical (unpaired) electrons. The molecule has 1 atom stereocenters. The fraction of sp³-hybridized carbons (Fsp3) is 0.211. The van der Waals surface area contributed by atoms with Crippen molar-refractivity contribution in [1.29, 1.82) is 0 Å². The van der Waals surface area contributed by atoms with Gasteiger partial charge < -0.3 is 10.6 Å². The molecule has 9 nitrogen and oxygen atoms in total. The molecule has 4 amide bonds. The number of nitrogens with one attached hydrogen (secondary N) is 3. The summed E-state index contributed by atoms with van der Waals surface area (Å²) in [5.41, 5.74) is -6.33. The average Bonchev–Trinajstić information content (AvgIpc) is 2.97. The normalized spacial score (nSPS) is 19.0. The first kappa shape index (κ1) is 26.0. The first-order valence-corrected chi connectivity index (χ1v) is 10.8. The highest BCUT2D eigenvalue weighted by molar-refractivity contribution is 7.89. The van der Waals surface area contributed by atoms with E-state index >= 15 is 0 Å². The summed E-state index contributed by atoms with van der Waals surface area (Å²) in [6.07, 6.45) is -10.7. The van der Waals surface area contributed by atoms with E-state index < -0.39 is 62.0 Å². The molecule has 1 aliphatic rings. The molecule has 0 unspecified atom stereocenters. The summed E-state index contributed by atoms with van der Waals surface area (Å²) < 4.78 is 108. The largest absolute Gasteiger partial charge is 0.435 e. The third-order valence-electron chi connectivity index (χ3n) is 4.65. The predicted molar refractivity (Wildman–Crippen MR) is 107 cm³/mol. The highest BCUT2D eigenvalue weighted by atomic mass is 32.2. The summed E-state index contributed by atoms with van der Waals surface area (Å²) >= 11 is 0. The molecule has 1 aliphatic heterocycles. The van der Waals surface area contributed by atoms with Gasteiger partial charge in [-0.15, -0.1) is 0 Å². The minimum atomic E-state index is -5.75. The second kappa shape index (κ2) is 8.53. The van der Waals surface area contributed by atoms with Crippen molar-refractivity contribution in [3.05, 3.63) is 54.1 Å². The smallest absolute Gasteiger partial charge is 0.326 e. The van der Waals surface area contributed by atoms with Gasteiger partial charge in [-0.25, -0.2) is 18.1 Å². The number of anilines is 2. The second-order valence-electron chi connectivity index (χ2n) is 7.18. The Morgan fingerprint density at radius 2 is 1.60 bits per heavy atom. The van der Waals surface area contributed by atoms with Gasteiger partial charge in [-0.3, -0.25) is 9.59 Å². The van der Waals surface area contributed by atoms with Crippen molar-refractivity contribution >= 4 is 39.2 Å². The standard InChI is InChI=1S/C19H14F6N4O5S/c1-10(30)26-12-5-7-14(8-6-12)35(33,34)28-17(19(23,24)25)15(31)29(16(32)27-17)13-4-2-3-11(9-13)18(20,21)22/h2-9,28H,1H3,(H,26,30)(H,27,32)/t17-/m1/s1. The van der Waals surface area contributed by atoms with Crippen molar-refractivity contribution < 1.29 is 49.1 Å². The van der Waals surface area contributed by atoms with E-state index in [1.54, 1.807) is 0 Å². The van der Waals surface area contributed by atoms with E-state index in [9.17, 15) is 49.1 Å². The maximum absolute atomic E-state index is 14.0. The molecule has 35 heavy (non-hydrogen) atoms. The zero-order chi connectivity index (χ0) is 26.4. The number of hydrogen-bond acceptors (Lipinski definition) is 5. The molecule has 3 N–H and O–H groups in total. The number of hydrogen-bond donors (Lipinski definition) is 3. The van der Waals surface area contributed by atoms with Crippen LogP contribution in [0.4, 0.5) is 42.5 Å². The maximum atomic E-state index is 14.0. The first-order chi connectivity index (χ1) is 16.0. The van der Waals surface area contributed by atoms with E-state index in [0.717, 1.165) is 48.0 Å². The van der Waals surface area contributed by atoms with Gasteiger partial charge in [0.1, 0.15) is 0 Å². The van der Waals surface area contributed by atoms with Gasteiger partial charge in [0.25, 0.3) is 11.6 Å². The Bertz CT molecular complexity index is 1290. The highest BCUT2D eigenvalue weighted by Crippen LogP contribution is 2.38. The Hall–Kier alpha value is -3.66. The number of carbonyl (C=O) groups is 3. The molecule has 0 bridgehead atoms. The molecule has 1 heterocycles. The number of halogens is 6. The van der Waals surface area contributed by atoms with E-state index in [1.165, 1.54) is 5.32 Å². The van der Waals surface area contributed by atoms with Crippen LogP contribution in [0.2, 0.25) is 0 Å². The van der Waals surface area contributed by atoms with Gasteiger partial charge in [0.05, 0.1) is 16.1 Å². The molecule has 1 saturated heterocycles. The fourth-order valence-corrected chi connectivity index (χ4v) is 4.36. The highest BCUT2D eigenvalue weighted by Gasteiger charge is 2.70. The van der Waals surface area contributed by atoms with Gasteiger partial charge in [0.15, 0.2) is 0 Å². The van der Waals surface area contributed by atoms with Crippen LogP contribution < -0.4 is 20.3 Å². The quantitative estimate of drug-likeness (QED) is 0.410. The van der Waals surface area contributed by atoms with Crippen LogP contribution in [0.15, 0.2) is 53.4 Å². The maximum Gasteiger partial charge on any atom is 0.435 e. The minimum absolute atomic E-state index is 0.114. The van der Waals surface area contributed by atoms with Gasteiger partial charge in [0, 0.05) is 12.6 Å². The lowest BCUT2D eigenvalue weighted by atomic mass is 10.1. The van der Waals surface area contributed by atoms with E-state index in [2.05, 4.69) is 5.32 Å². The third kappa shape index (κ3) is 4.93. The van der Waals surface area contributed by atoms with Crippen LogP contribution in [-0.4, -0.2) is 38.1 Å². The van der Waals surface area contributed by atoms with Crippen LogP contribution >= 0.6 is 0 Å². The van der Waals surface area contributed by atoms with E-state index in [4.69, 9.17) is 0 Å². The summed E-state index contributed by atoms with van der Waals surface area (Å²) in [5, 5.41) is 3.52. The van der Waals surface area contributed by atoms with Gasteiger partial charge >= 0.3 is 18.4 Å². The second-order valence-corrected chi connectivity index (χ2v) is 8.86. The Morgan fingerprint density at radius 1 is 1.00 bits per heavy atom. The Labute approximate surface area is 193 Å². The lowest BCUT2D eigenvalue weighted by molar-refractivity contribution is -0.194. The van der Waals surface area contributed by atoms with E-state index in [-0.39, 0.29) is 16.7 Å². The van der Waals surface area contributed by atoms with Gasteiger partial charge in [-0.05, 0) is 42.5 Å². The van der Waals surface area contributed by atoms with Gasteiger partial charge in [0.2, 0.25) is 15.9 Å². The lowest BCUT2D eigenvalue weighted by Crippen LogP contribution is -2.69. The zero-order valence-electron chi connectivity index (χ0n) is 17.3. The Balaban J connectivity index is 2.02. The molecule has 16 heteroatoms. The number of nitrogens with zero attached hydrogens (tertiary/aromatic N) is 1. The SMILES string of the molecule is CC(=O)Nc1ccc(S(=O)(=O)N[C@]2(C(F)(F)F)NC(=O)N(c3cccc(C(F)(F)F)c3)C2=O)cc1. The molecule has 0 aliphatic carbocycles. The number of rotatable bonds is 5. The summed E-state index contributed by atoms with van der Waals surface area (Å²) in [4.78, 5) is 35.2. The molecule has 188 valence electrons. The summed E-state index contributed by atoms with van der Waals surface area (Å²) in [5.74, 6) is -2.73. The van der Waals surface area contributed by atoms with Crippen LogP contribution in [0, 0.1) is 0 Å². The molecule has 2 aromatic carbocycles. The molecule has 0 saturated carbocycles. The van der Waals surface area contributed by atoms with E-state index in [0.29, 0.717) is 6.07 Å². The van der Waals surface area contributed by atoms with Crippen LogP contribution in [0.3, 0.4) is 0 Å². The number of imide groups is 1. The van der Waals surface area contributed by atoms with Crippen molar-refractivity contribution in [2.24, 2.45) is 0 Å². The predicted octanol–water partition coefficient (Wildman–Crippen LogP) is 2.96. The molecular formula is C19H14F6N4O5S. The van der Waals surface area contributed by atoms with Crippen LogP contribution in [-0.2, 0) is 25.8 Å². The molecule has 3 rings (SSSR count). The lowest BCUT2D eigenvalue weighted by Gasteiger charge is -2.29. The van der Waals surface area contributed by atoms with Crippen molar-refractivity contribution in [2.75, 3.05) is 10.2 Å². The average molecular weight is 524 g/mol. The Morgan fingerprint density at radius 3 is 2.11 bits per heavy atom. The molecule has 1 fully saturated rings. The molecule has 2 aromatic rings. The third-order valence-corrected chi connectivity index (χ3v) is 6.12. The topological polar surface area (TPSA) is 125 Å². The summed E-state index contributed by atoms with van der Waals surface area (Å²) in [6, 6.07) is 4.30. The number of benzene rings is 2. The van der Waals surface area contributed by atoms with Crippen LogP contribution in [0.5, 0.6) is 0 Å². The number of urea groups is 1. The fourth-order valence-electron chi connectivity index (χ4n) is 3.09. The van der Waals surface area contributed by atoms with Gasteiger partial charge in [-0.1, -0.05) is 6.07 Å². The monoisotopic (exact) mass is 524 g/mol. The number of carbonyl (C=O) groups excluding carboxylic acids is 3. The van der Waals surface area contributed by atoms with Crippen LogP contribution in [0.25, 0.3) is 0 Å². The summed E-state index contributed by atoms with van der Waals surface area (Å²) in [7, 11) is -5.15. The molecule has 0 spiro atoms. The van der Waals surface area contributed by atoms with E-state index in [1.807, 2.05) is 0 Å². The van der Waals surface area contributed by atoms with Crippen molar-refractivity contribution in [3.8, 4) is 0 Å². The number of alkyl halides is 6. The first-order valence-electron chi connectivity index (χ1n) is 9.30. The van der Waals surface area contributed by atoms with Crippen molar-refractivity contribution in [3.63, 3.8) is 0 Å². The van der Waals surface area contributed by atoms with Crippen LogP contribution in [0.1, 0.15) is 12.5 Å². The number of amides is 4. The number of sulfonamides is 1. The molecule has 0 aromatic heterocycles. The molecular weight excluding hydrogens is 510 g/mol.